The fourth-order valence-corrected chi connectivity index (χ4v) is 4.04. The van der Waals surface area contributed by atoms with Gasteiger partial charge >= 0.3 is 0 Å². The van der Waals surface area contributed by atoms with Crippen molar-refractivity contribution in [1.29, 1.82) is 0 Å². The predicted molar refractivity (Wildman–Crippen MR) is 115 cm³/mol. The highest BCUT2D eigenvalue weighted by molar-refractivity contribution is 6.30. The van der Waals surface area contributed by atoms with Crippen LogP contribution in [0.5, 0.6) is 5.75 Å². The van der Waals surface area contributed by atoms with Crippen molar-refractivity contribution >= 4 is 34.0 Å². The normalized spacial score (nSPS) is 18.5. The van der Waals surface area contributed by atoms with E-state index in [1.165, 1.54) is 10.8 Å². The molecule has 0 aliphatic carbocycles. The van der Waals surface area contributed by atoms with Crippen LogP contribution in [0.25, 0.3) is 10.8 Å². The quantitative estimate of drug-likeness (QED) is 0.390. The summed E-state index contributed by atoms with van der Waals surface area (Å²) >= 11 is 12.2. The van der Waals surface area contributed by atoms with E-state index in [2.05, 4.69) is 53.8 Å². The lowest BCUT2D eigenvalue weighted by Gasteiger charge is -2.35. The molecule has 2 nitrogen and oxygen atoms in total. The number of ether oxygens (including phenoxy) is 1. The Balaban J connectivity index is 1.67. The van der Waals surface area contributed by atoms with Crippen LogP contribution in [0.15, 0.2) is 84.9 Å². The lowest BCUT2D eigenvalue weighted by molar-refractivity contribution is 0.134. The van der Waals surface area contributed by atoms with E-state index in [4.69, 9.17) is 27.9 Å². The molecule has 0 bridgehead atoms. The highest BCUT2D eigenvalue weighted by Crippen LogP contribution is 2.42. The summed E-state index contributed by atoms with van der Waals surface area (Å²) in [7, 11) is 0. The molecular weight excluding hydrogens is 389 g/mol. The van der Waals surface area contributed by atoms with Crippen LogP contribution in [0.3, 0.4) is 0 Å². The van der Waals surface area contributed by atoms with Gasteiger partial charge in [-0.15, -0.1) is 0 Å². The molecule has 1 aliphatic heterocycles. The van der Waals surface area contributed by atoms with Crippen LogP contribution < -0.4 is 10.1 Å². The summed E-state index contributed by atoms with van der Waals surface area (Å²) in [5, 5.41) is 7.47. The monoisotopic (exact) mass is 405 g/mol. The van der Waals surface area contributed by atoms with Crippen molar-refractivity contribution in [2.75, 3.05) is 0 Å². The van der Waals surface area contributed by atoms with E-state index >= 15 is 0 Å². The molecule has 0 unspecified atom stereocenters. The van der Waals surface area contributed by atoms with Gasteiger partial charge < -0.3 is 4.74 Å². The largest absolute Gasteiger partial charge is 0.471 e. The lowest BCUT2D eigenvalue weighted by Crippen LogP contribution is -2.35. The van der Waals surface area contributed by atoms with Gasteiger partial charge in [-0.2, -0.15) is 0 Å². The Bertz CT molecular complexity index is 1140. The topological polar surface area (TPSA) is 21.3 Å². The fourth-order valence-electron chi connectivity index (χ4n) is 3.79. The molecule has 28 heavy (non-hydrogen) atoms. The number of nitrogens with one attached hydrogen (secondary N) is 1. The van der Waals surface area contributed by atoms with Gasteiger partial charge in [0.1, 0.15) is 5.75 Å². The van der Waals surface area contributed by atoms with Crippen molar-refractivity contribution in [3.05, 3.63) is 112 Å². The average molecular weight is 406 g/mol. The molecule has 0 amide bonds. The van der Waals surface area contributed by atoms with Gasteiger partial charge in [0.2, 0.25) is 0 Å². The number of hydrogen-bond donors (Lipinski definition) is 1. The first-order chi connectivity index (χ1) is 13.7. The zero-order valence-electron chi connectivity index (χ0n) is 14.9. The maximum absolute atomic E-state index is 6.36. The summed E-state index contributed by atoms with van der Waals surface area (Å²) in [6.45, 7) is 0. The highest BCUT2D eigenvalue weighted by Gasteiger charge is 2.31. The van der Waals surface area contributed by atoms with E-state index in [1.807, 2.05) is 36.4 Å². The molecule has 138 valence electrons. The first-order valence-electron chi connectivity index (χ1n) is 9.14. The molecule has 1 N–H and O–H groups in total. The van der Waals surface area contributed by atoms with E-state index in [0.29, 0.717) is 5.02 Å². The van der Waals surface area contributed by atoms with Crippen LogP contribution in [-0.4, -0.2) is 0 Å². The van der Waals surface area contributed by atoms with Crippen molar-refractivity contribution in [1.82, 2.24) is 5.32 Å². The second-order valence-electron chi connectivity index (χ2n) is 6.90. The average Bonchev–Trinajstić information content (AvgIpc) is 2.74. The number of rotatable bonds is 2. The summed E-state index contributed by atoms with van der Waals surface area (Å²) in [5.74, 6) is 0.886. The van der Waals surface area contributed by atoms with Crippen molar-refractivity contribution in [3.8, 4) is 5.75 Å². The van der Waals surface area contributed by atoms with Gasteiger partial charge in [0, 0.05) is 21.2 Å². The van der Waals surface area contributed by atoms with Gasteiger partial charge in [-0.25, -0.2) is 0 Å². The van der Waals surface area contributed by atoms with E-state index in [-0.39, 0.29) is 12.3 Å². The number of hydrogen-bond acceptors (Lipinski definition) is 2. The summed E-state index contributed by atoms with van der Waals surface area (Å²) < 4.78 is 6.36. The second kappa shape index (κ2) is 7.14. The maximum atomic E-state index is 6.36. The minimum Gasteiger partial charge on any atom is -0.471 e. The molecule has 0 radical (unpaired) electrons. The van der Waals surface area contributed by atoms with Crippen LogP contribution in [0, 0.1) is 0 Å². The molecule has 0 saturated carbocycles. The lowest BCUT2D eigenvalue weighted by atomic mass is 9.91. The molecule has 1 aliphatic rings. The summed E-state index contributed by atoms with van der Waals surface area (Å²) in [4.78, 5) is 0. The Morgan fingerprint density at radius 2 is 1.32 bits per heavy atom. The molecule has 4 aromatic rings. The van der Waals surface area contributed by atoms with Crippen LogP contribution in [0.4, 0.5) is 0 Å². The van der Waals surface area contributed by atoms with Crippen LogP contribution >= 0.6 is 23.2 Å². The van der Waals surface area contributed by atoms with E-state index < -0.39 is 0 Å². The molecule has 4 aromatic carbocycles. The smallest absolute Gasteiger partial charge is 0.177 e. The van der Waals surface area contributed by atoms with Crippen LogP contribution in [-0.2, 0) is 0 Å². The Morgan fingerprint density at radius 1 is 0.679 bits per heavy atom. The van der Waals surface area contributed by atoms with Gasteiger partial charge in [0.15, 0.2) is 6.23 Å². The van der Waals surface area contributed by atoms with E-state index in [9.17, 15) is 0 Å². The summed E-state index contributed by atoms with van der Waals surface area (Å²) in [5.41, 5.74) is 3.32. The van der Waals surface area contributed by atoms with Gasteiger partial charge in [0.25, 0.3) is 0 Å². The Hall–Kier alpha value is -2.52. The SMILES string of the molecule is Clc1ccc([C@H]2N[C@@H](c3ccc(Cl)cc3)Oc3ccc4ccccc4c32)cc1. The second-order valence-corrected chi connectivity index (χ2v) is 7.77. The molecule has 2 atom stereocenters. The van der Waals surface area contributed by atoms with Gasteiger partial charge in [-0.05, 0) is 46.7 Å². The third-order valence-corrected chi connectivity index (χ3v) is 5.66. The first kappa shape index (κ1) is 17.6. The van der Waals surface area contributed by atoms with Gasteiger partial charge in [-0.3, -0.25) is 5.32 Å². The minimum absolute atomic E-state index is 0.0206. The predicted octanol–water partition coefficient (Wildman–Crippen LogP) is 6.92. The highest BCUT2D eigenvalue weighted by atomic mass is 35.5. The zero-order valence-corrected chi connectivity index (χ0v) is 16.4. The minimum atomic E-state index is -0.272. The molecule has 0 saturated heterocycles. The van der Waals surface area contributed by atoms with Crippen molar-refractivity contribution in [2.24, 2.45) is 0 Å². The van der Waals surface area contributed by atoms with Crippen LogP contribution in [0.2, 0.25) is 10.0 Å². The van der Waals surface area contributed by atoms with Crippen LogP contribution in [0.1, 0.15) is 29.0 Å². The summed E-state index contributed by atoms with van der Waals surface area (Å²) in [6, 6.07) is 28.3. The number of benzene rings is 4. The van der Waals surface area contributed by atoms with Crippen molar-refractivity contribution < 1.29 is 4.74 Å². The molecule has 5 rings (SSSR count). The standard InChI is InChI=1S/C24H17Cl2NO/c25-18-10-5-16(6-11-18)23-22-20-4-2-1-3-15(20)9-14-21(22)28-24(27-23)17-7-12-19(26)13-8-17/h1-14,23-24,27H/t23-,24-/m1/s1. The van der Waals surface area contributed by atoms with E-state index in [1.54, 1.807) is 0 Å². The maximum Gasteiger partial charge on any atom is 0.177 e. The number of halogens is 2. The van der Waals surface area contributed by atoms with Gasteiger partial charge in [-0.1, -0.05) is 77.8 Å². The molecule has 1 heterocycles. The summed E-state index contributed by atoms with van der Waals surface area (Å²) in [6.07, 6.45) is -0.272. The molecular formula is C24H17Cl2NO. The Labute approximate surface area is 173 Å². The third kappa shape index (κ3) is 3.14. The number of fused-ring (bicyclic) bond motifs is 3. The Morgan fingerprint density at radius 3 is 2.04 bits per heavy atom. The zero-order chi connectivity index (χ0) is 19.1. The molecule has 0 aromatic heterocycles. The van der Waals surface area contributed by atoms with Crippen molar-refractivity contribution in [3.63, 3.8) is 0 Å². The van der Waals surface area contributed by atoms with E-state index in [0.717, 1.165) is 27.5 Å². The first-order valence-corrected chi connectivity index (χ1v) is 9.90. The van der Waals surface area contributed by atoms with Gasteiger partial charge in [0.05, 0.1) is 6.04 Å². The third-order valence-electron chi connectivity index (χ3n) is 5.16. The van der Waals surface area contributed by atoms with Crippen molar-refractivity contribution in [2.45, 2.75) is 12.3 Å². The molecule has 0 spiro atoms. The molecule has 0 fully saturated rings. The molecule has 4 heteroatoms. The Kier molecular flexibility index (Phi) is 4.48. The fraction of sp³-hybridized carbons (Fsp3) is 0.0833.